The van der Waals surface area contributed by atoms with Crippen molar-refractivity contribution in [1.29, 1.82) is 0 Å². The lowest BCUT2D eigenvalue weighted by atomic mass is 10.2. The molecule has 1 aromatic carbocycles. The summed E-state index contributed by atoms with van der Waals surface area (Å²) in [6, 6.07) is 7.11. The van der Waals surface area contributed by atoms with Crippen molar-refractivity contribution in [2.45, 2.75) is 52.2 Å². The number of aromatic nitrogens is 3. The summed E-state index contributed by atoms with van der Waals surface area (Å²) in [5.74, 6) is 0.627. The minimum atomic E-state index is -0.544. The lowest BCUT2D eigenvalue weighted by Crippen LogP contribution is -2.39. The number of fused-ring (bicyclic) bond motifs is 1. The van der Waals surface area contributed by atoms with Gasteiger partial charge in [-0.05, 0) is 45.0 Å². The standard InChI is InChI=1S/C22H24ClN5O4S/c1-22(2,3)31-21(30)28-11-10-15-16(12-28)33-20(24-15)25-17(29)8-9-18-26-19(27-32-18)13-4-6-14(23)7-5-13/h4-7H,8-12H2,1-3H3,(H,24,25,29). The maximum absolute atomic E-state index is 12.4. The Balaban J connectivity index is 1.30. The summed E-state index contributed by atoms with van der Waals surface area (Å²) in [5.41, 5.74) is 1.14. The van der Waals surface area contributed by atoms with Crippen LogP contribution in [0.25, 0.3) is 11.4 Å². The number of ether oxygens (including phenoxy) is 1. The fourth-order valence-corrected chi connectivity index (χ4v) is 4.37. The number of rotatable bonds is 5. The Bertz CT molecular complexity index is 1150. The number of anilines is 1. The number of aryl methyl sites for hydroxylation is 1. The number of nitrogens with one attached hydrogen (secondary N) is 1. The van der Waals surface area contributed by atoms with Gasteiger partial charge in [-0.3, -0.25) is 4.79 Å². The molecule has 0 unspecified atom stereocenters. The summed E-state index contributed by atoms with van der Waals surface area (Å²) in [6.07, 6.45) is 0.765. The first-order valence-electron chi connectivity index (χ1n) is 10.5. The molecule has 4 rings (SSSR count). The molecule has 0 spiro atoms. The van der Waals surface area contributed by atoms with E-state index in [2.05, 4.69) is 20.4 Å². The van der Waals surface area contributed by atoms with E-state index in [9.17, 15) is 9.59 Å². The van der Waals surface area contributed by atoms with Crippen LogP contribution >= 0.6 is 22.9 Å². The maximum atomic E-state index is 12.4. The van der Waals surface area contributed by atoms with Crippen LogP contribution in [0.2, 0.25) is 5.02 Å². The third-order valence-electron chi connectivity index (χ3n) is 4.77. The van der Waals surface area contributed by atoms with Crippen molar-refractivity contribution < 1.29 is 18.8 Å². The van der Waals surface area contributed by atoms with Crippen molar-refractivity contribution in [2.24, 2.45) is 0 Å². The average molecular weight is 490 g/mol. The molecule has 0 bridgehead atoms. The Kier molecular flexibility index (Phi) is 6.66. The third-order valence-corrected chi connectivity index (χ3v) is 6.02. The van der Waals surface area contributed by atoms with Crippen LogP contribution in [0.5, 0.6) is 0 Å². The molecule has 1 aliphatic rings. The minimum Gasteiger partial charge on any atom is -0.444 e. The Morgan fingerprint density at radius 1 is 1.24 bits per heavy atom. The molecular weight excluding hydrogens is 466 g/mol. The van der Waals surface area contributed by atoms with Crippen LogP contribution in [0.4, 0.5) is 9.93 Å². The number of hydrogen-bond acceptors (Lipinski definition) is 8. The number of hydrogen-bond donors (Lipinski definition) is 1. The lowest BCUT2D eigenvalue weighted by molar-refractivity contribution is -0.116. The normalized spacial score (nSPS) is 13.5. The zero-order valence-corrected chi connectivity index (χ0v) is 20.1. The van der Waals surface area contributed by atoms with Crippen LogP contribution in [0.15, 0.2) is 28.8 Å². The molecule has 174 valence electrons. The van der Waals surface area contributed by atoms with E-state index >= 15 is 0 Å². The summed E-state index contributed by atoms with van der Waals surface area (Å²) in [5, 5.41) is 7.92. The number of nitrogens with zero attached hydrogens (tertiary/aromatic N) is 4. The molecule has 3 aromatic rings. The highest BCUT2D eigenvalue weighted by Crippen LogP contribution is 2.29. The Labute approximate surface area is 200 Å². The molecule has 9 nitrogen and oxygen atoms in total. The summed E-state index contributed by atoms with van der Waals surface area (Å²) in [6.45, 7) is 6.48. The van der Waals surface area contributed by atoms with Crippen molar-refractivity contribution >= 4 is 40.1 Å². The second-order valence-electron chi connectivity index (χ2n) is 8.61. The first kappa shape index (κ1) is 23.2. The number of carbonyl (C=O) groups is 2. The monoisotopic (exact) mass is 489 g/mol. The Hall–Kier alpha value is -2.98. The predicted octanol–water partition coefficient (Wildman–Crippen LogP) is 4.71. The van der Waals surface area contributed by atoms with E-state index in [1.165, 1.54) is 11.3 Å². The van der Waals surface area contributed by atoms with Gasteiger partial charge in [-0.15, -0.1) is 0 Å². The minimum absolute atomic E-state index is 0.177. The number of benzene rings is 1. The van der Waals surface area contributed by atoms with Gasteiger partial charge in [0.1, 0.15) is 5.60 Å². The third kappa shape index (κ3) is 6.08. The van der Waals surface area contributed by atoms with Gasteiger partial charge in [0.05, 0.1) is 12.2 Å². The number of halogens is 1. The largest absolute Gasteiger partial charge is 0.444 e. The SMILES string of the molecule is CC(C)(C)OC(=O)N1CCc2nc(NC(=O)CCc3nc(-c4ccc(Cl)cc4)no3)sc2C1. The van der Waals surface area contributed by atoms with Crippen molar-refractivity contribution in [3.8, 4) is 11.4 Å². The zero-order valence-electron chi connectivity index (χ0n) is 18.6. The van der Waals surface area contributed by atoms with E-state index in [-0.39, 0.29) is 18.4 Å². The number of carbonyl (C=O) groups excluding carboxylic acids is 2. The van der Waals surface area contributed by atoms with Crippen LogP contribution in [0.3, 0.4) is 0 Å². The van der Waals surface area contributed by atoms with Gasteiger partial charge in [-0.2, -0.15) is 4.98 Å². The molecule has 0 saturated heterocycles. The highest BCUT2D eigenvalue weighted by Gasteiger charge is 2.28. The van der Waals surface area contributed by atoms with E-state index in [1.807, 2.05) is 20.8 Å². The molecule has 0 radical (unpaired) electrons. The molecular formula is C22H24ClN5O4S. The second kappa shape index (κ2) is 9.48. The van der Waals surface area contributed by atoms with Crippen molar-refractivity contribution in [2.75, 3.05) is 11.9 Å². The van der Waals surface area contributed by atoms with Crippen LogP contribution in [0, 0.1) is 0 Å². The van der Waals surface area contributed by atoms with E-state index in [0.29, 0.717) is 47.8 Å². The quantitative estimate of drug-likeness (QED) is 0.552. The fraction of sp³-hybridized carbons (Fsp3) is 0.409. The highest BCUT2D eigenvalue weighted by atomic mass is 35.5. The summed E-state index contributed by atoms with van der Waals surface area (Å²) < 4.78 is 10.7. The zero-order chi connectivity index (χ0) is 23.6. The first-order valence-corrected chi connectivity index (χ1v) is 11.7. The van der Waals surface area contributed by atoms with Gasteiger partial charge < -0.3 is 19.5 Å². The number of thiazole rings is 1. The average Bonchev–Trinajstić information content (AvgIpc) is 3.37. The highest BCUT2D eigenvalue weighted by molar-refractivity contribution is 7.15. The molecule has 0 atom stereocenters. The van der Waals surface area contributed by atoms with Gasteiger partial charge in [0, 0.05) is 41.3 Å². The van der Waals surface area contributed by atoms with E-state index in [1.54, 1.807) is 29.2 Å². The van der Waals surface area contributed by atoms with Gasteiger partial charge in [-0.25, -0.2) is 9.78 Å². The first-order chi connectivity index (χ1) is 15.7. The van der Waals surface area contributed by atoms with E-state index in [4.69, 9.17) is 20.9 Å². The van der Waals surface area contributed by atoms with Gasteiger partial charge >= 0.3 is 6.09 Å². The Morgan fingerprint density at radius 2 is 2.00 bits per heavy atom. The van der Waals surface area contributed by atoms with Crippen LogP contribution in [-0.2, 0) is 28.9 Å². The van der Waals surface area contributed by atoms with Crippen molar-refractivity contribution in [3.05, 3.63) is 45.7 Å². The van der Waals surface area contributed by atoms with Gasteiger partial charge in [0.2, 0.25) is 17.6 Å². The molecule has 0 saturated carbocycles. The van der Waals surface area contributed by atoms with Gasteiger partial charge in [0.25, 0.3) is 0 Å². The van der Waals surface area contributed by atoms with E-state index in [0.717, 1.165) is 16.1 Å². The molecule has 11 heteroatoms. The van der Waals surface area contributed by atoms with Crippen molar-refractivity contribution in [3.63, 3.8) is 0 Å². The van der Waals surface area contributed by atoms with Crippen LogP contribution < -0.4 is 5.32 Å². The summed E-state index contributed by atoms with van der Waals surface area (Å²) in [7, 11) is 0. The molecule has 1 aliphatic heterocycles. The topological polar surface area (TPSA) is 110 Å². The van der Waals surface area contributed by atoms with Gasteiger partial charge in [-0.1, -0.05) is 28.1 Å². The van der Waals surface area contributed by atoms with Crippen molar-refractivity contribution in [1.82, 2.24) is 20.0 Å². The maximum Gasteiger partial charge on any atom is 0.410 e. The molecule has 2 amide bonds. The molecule has 0 aliphatic carbocycles. The summed E-state index contributed by atoms with van der Waals surface area (Å²) in [4.78, 5) is 36.2. The molecule has 0 fully saturated rings. The molecule has 3 heterocycles. The van der Waals surface area contributed by atoms with E-state index < -0.39 is 5.60 Å². The predicted molar refractivity (Wildman–Crippen MR) is 124 cm³/mol. The number of amides is 2. The fourth-order valence-electron chi connectivity index (χ4n) is 3.21. The van der Waals surface area contributed by atoms with Crippen LogP contribution in [0.1, 0.15) is 43.7 Å². The molecule has 1 N–H and O–H groups in total. The van der Waals surface area contributed by atoms with Crippen LogP contribution in [-0.4, -0.2) is 44.2 Å². The van der Waals surface area contributed by atoms with Gasteiger partial charge in [0.15, 0.2) is 5.13 Å². The smallest absolute Gasteiger partial charge is 0.410 e. The molecule has 2 aromatic heterocycles. The summed E-state index contributed by atoms with van der Waals surface area (Å²) >= 11 is 7.27. The lowest BCUT2D eigenvalue weighted by Gasteiger charge is -2.29. The molecule has 33 heavy (non-hydrogen) atoms. The second-order valence-corrected chi connectivity index (χ2v) is 10.1. The Morgan fingerprint density at radius 3 is 2.73 bits per heavy atom.